The molecule has 5 amide bonds. The number of amides is 5. The number of aromatic nitrogens is 2. The highest BCUT2D eigenvalue weighted by molar-refractivity contribution is 7.91. The summed E-state index contributed by atoms with van der Waals surface area (Å²) >= 11 is 1.48. The first-order valence-electron chi connectivity index (χ1n) is 21.9. The van der Waals surface area contributed by atoms with Crippen LogP contribution in [0, 0.1) is 12.8 Å². The zero-order valence-corrected chi connectivity index (χ0v) is 37.4. The molecule has 2 saturated carbocycles. The molecule has 8 rings (SSSR count). The lowest BCUT2D eigenvalue weighted by atomic mass is 10.0. The first-order valence-corrected chi connectivity index (χ1v) is 24.3. The molecule has 1 aromatic carbocycles. The number of methoxy groups -OCH3 is 1. The summed E-state index contributed by atoms with van der Waals surface area (Å²) < 4.78 is 40.7. The largest absolute Gasteiger partial charge is 0.496 e. The fourth-order valence-electron chi connectivity index (χ4n) is 8.81. The van der Waals surface area contributed by atoms with Gasteiger partial charge in [0.25, 0.3) is 5.91 Å². The minimum absolute atomic E-state index is 0.0131. The average molecular weight is 892 g/mol. The first kappa shape index (κ1) is 43.8. The van der Waals surface area contributed by atoms with Crippen molar-refractivity contribution in [2.24, 2.45) is 5.92 Å². The number of aryl methyl sites for hydroxylation is 1. The van der Waals surface area contributed by atoms with Crippen LogP contribution in [0.1, 0.15) is 102 Å². The number of fused-ring (bicyclic) bond motifs is 3. The van der Waals surface area contributed by atoms with Gasteiger partial charge < -0.3 is 35.0 Å². The van der Waals surface area contributed by atoms with Gasteiger partial charge in [0.1, 0.15) is 45.9 Å². The summed E-state index contributed by atoms with van der Waals surface area (Å²) in [6, 6.07) is 3.02. The van der Waals surface area contributed by atoms with Crippen molar-refractivity contribution >= 4 is 56.0 Å². The standard InChI is InChI=1S/C44H57N7O9S2/c1-25(2)34-24-61-40(46-34)33-21-37(31-14-15-36(59-4)26(3)38(31)45-33)60-29-20-35-39(53)48-44(42(55)49-62(57,58)30-12-13-30)22-27(44)10-8-6-5-7-9-11-32(41(54)51(35)23-29)47-43(56)50-18-16-28(52)17-19-50/h8,10,14-15,21,24-25,27-30,32,35,52H,5-7,9,11-13,16-20,22-23H2,1-4H3,(H,47,56)(H,48,53)(H,49,55)/b10-8+/t27-,29-,32+,35+,44-/m1/s1. The zero-order chi connectivity index (χ0) is 43.9. The van der Waals surface area contributed by atoms with E-state index in [4.69, 9.17) is 19.4 Å². The van der Waals surface area contributed by atoms with Gasteiger partial charge in [-0.15, -0.1) is 11.3 Å². The van der Waals surface area contributed by atoms with Crippen LogP contribution >= 0.6 is 11.3 Å². The Kier molecular flexibility index (Phi) is 12.5. The summed E-state index contributed by atoms with van der Waals surface area (Å²) in [5, 5.41) is 18.8. The zero-order valence-electron chi connectivity index (χ0n) is 35.7. The van der Waals surface area contributed by atoms with Crippen molar-refractivity contribution in [3.63, 3.8) is 0 Å². The Bertz CT molecular complexity index is 2360. The number of aliphatic hydroxyl groups is 1. The van der Waals surface area contributed by atoms with Crippen molar-refractivity contribution in [2.45, 2.75) is 132 Å². The summed E-state index contributed by atoms with van der Waals surface area (Å²) in [4.78, 5) is 70.1. The lowest BCUT2D eigenvalue weighted by molar-refractivity contribution is -0.141. The maximum absolute atomic E-state index is 14.9. The van der Waals surface area contributed by atoms with Crippen LogP contribution in [0.5, 0.6) is 11.5 Å². The molecule has 2 aromatic heterocycles. The molecule has 0 radical (unpaired) electrons. The molecule has 2 saturated heterocycles. The highest BCUT2D eigenvalue weighted by atomic mass is 32.2. The smallest absolute Gasteiger partial charge is 0.318 e. The lowest BCUT2D eigenvalue weighted by Crippen LogP contribution is -2.59. The Morgan fingerprint density at radius 2 is 1.82 bits per heavy atom. The number of allylic oxidation sites excluding steroid dienone is 1. The second-order valence-electron chi connectivity index (χ2n) is 17.7. The number of sulfonamides is 1. The quantitative estimate of drug-likeness (QED) is 0.217. The van der Waals surface area contributed by atoms with Gasteiger partial charge in [-0.25, -0.2) is 23.2 Å². The topological polar surface area (TPSA) is 209 Å². The minimum atomic E-state index is -3.92. The number of rotatable bonds is 9. The highest BCUT2D eigenvalue weighted by Gasteiger charge is 2.62. The predicted octanol–water partition coefficient (Wildman–Crippen LogP) is 4.69. The van der Waals surface area contributed by atoms with E-state index in [9.17, 15) is 32.7 Å². The SMILES string of the molecule is COc1ccc2c(O[C@@H]3C[C@H]4C(=O)N[C@]5(C(=O)NS(=O)(=O)C6CC6)C[C@H]5/C=C/CCCCC[C@H](NC(=O)N5CCC(O)CC5)C(=O)N4C3)cc(-c3nc(C(C)C)cs3)nc2c1C. The van der Waals surface area contributed by atoms with Crippen LogP contribution in [0.4, 0.5) is 4.79 Å². The summed E-state index contributed by atoms with van der Waals surface area (Å²) in [5.41, 5.74) is 1.46. The lowest BCUT2D eigenvalue weighted by Gasteiger charge is -2.33. The normalized spacial score (nSPS) is 26.8. The van der Waals surface area contributed by atoms with Crippen molar-refractivity contribution in [1.29, 1.82) is 0 Å². The molecule has 334 valence electrons. The number of carbonyl (C=O) groups excluding carboxylic acids is 4. The van der Waals surface area contributed by atoms with E-state index < -0.39 is 74.8 Å². The van der Waals surface area contributed by atoms with Crippen LogP contribution < -0.4 is 24.8 Å². The van der Waals surface area contributed by atoms with Crippen molar-refractivity contribution in [2.75, 3.05) is 26.7 Å². The Balaban J connectivity index is 1.14. The number of likely N-dealkylation sites (tertiary alicyclic amines) is 1. The van der Waals surface area contributed by atoms with Gasteiger partial charge in [-0.05, 0) is 76.3 Å². The monoisotopic (exact) mass is 891 g/mol. The van der Waals surface area contributed by atoms with Crippen LogP contribution in [-0.4, -0.2) is 119 Å². The van der Waals surface area contributed by atoms with Crippen molar-refractivity contribution in [3.8, 4) is 22.2 Å². The molecular formula is C44H57N7O9S2. The number of hydrogen-bond acceptors (Lipinski definition) is 12. The third kappa shape index (κ3) is 9.14. The number of urea groups is 1. The van der Waals surface area contributed by atoms with Crippen LogP contribution in [0.25, 0.3) is 21.6 Å². The molecule has 3 aromatic rings. The van der Waals surface area contributed by atoms with Gasteiger partial charge in [0.15, 0.2) is 0 Å². The van der Waals surface area contributed by atoms with E-state index in [0.717, 1.165) is 24.1 Å². The third-order valence-corrected chi connectivity index (χ3v) is 15.6. The number of carbonyl (C=O) groups is 4. The number of nitrogens with one attached hydrogen (secondary N) is 3. The summed E-state index contributed by atoms with van der Waals surface area (Å²) in [5.74, 6) is -0.973. The van der Waals surface area contributed by atoms with E-state index >= 15 is 0 Å². The van der Waals surface area contributed by atoms with Crippen LogP contribution in [0.15, 0.2) is 35.7 Å². The van der Waals surface area contributed by atoms with Gasteiger partial charge in [-0.1, -0.05) is 38.8 Å². The van der Waals surface area contributed by atoms with Gasteiger partial charge in [0.2, 0.25) is 21.8 Å². The molecule has 2 aliphatic carbocycles. The van der Waals surface area contributed by atoms with Gasteiger partial charge >= 0.3 is 6.03 Å². The maximum Gasteiger partial charge on any atom is 0.318 e. The minimum Gasteiger partial charge on any atom is -0.496 e. The second-order valence-corrected chi connectivity index (χ2v) is 20.6. The molecular weight excluding hydrogens is 835 g/mol. The molecule has 4 N–H and O–H groups in total. The molecule has 3 aliphatic heterocycles. The average Bonchev–Trinajstić information content (AvgIpc) is 4.12. The molecule has 0 spiro atoms. The second kappa shape index (κ2) is 17.8. The molecule has 5 atom stereocenters. The molecule has 5 aliphatic rings. The fourth-order valence-corrected chi connectivity index (χ4v) is 11.1. The van der Waals surface area contributed by atoms with E-state index in [1.165, 1.54) is 16.2 Å². The van der Waals surface area contributed by atoms with Gasteiger partial charge in [0.05, 0.1) is 36.2 Å². The summed E-state index contributed by atoms with van der Waals surface area (Å²) in [6.45, 7) is 6.75. The van der Waals surface area contributed by atoms with Gasteiger partial charge in [0, 0.05) is 47.8 Å². The molecule has 0 bridgehead atoms. The van der Waals surface area contributed by atoms with E-state index in [1.54, 1.807) is 12.0 Å². The summed E-state index contributed by atoms with van der Waals surface area (Å²) in [6.07, 6.45) is 7.89. The molecule has 18 heteroatoms. The number of ether oxygens (including phenoxy) is 2. The number of aliphatic hydroxyl groups excluding tert-OH is 1. The number of nitrogens with zero attached hydrogens (tertiary/aromatic N) is 4. The number of piperidine rings is 1. The third-order valence-electron chi connectivity index (χ3n) is 12.9. The Morgan fingerprint density at radius 3 is 2.53 bits per heavy atom. The Labute approximate surface area is 366 Å². The Morgan fingerprint density at radius 1 is 1.05 bits per heavy atom. The molecule has 62 heavy (non-hydrogen) atoms. The van der Waals surface area contributed by atoms with Crippen LogP contribution in [0.2, 0.25) is 0 Å². The van der Waals surface area contributed by atoms with Crippen LogP contribution in [0.3, 0.4) is 0 Å². The van der Waals surface area contributed by atoms with E-state index in [2.05, 4.69) is 29.2 Å². The van der Waals surface area contributed by atoms with Crippen LogP contribution in [-0.2, 0) is 24.4 Å². The first-order chi connectivity index (χ1) is 29.7. The Hall–Kier alpha value is -4.81. The molecule has 5 heterocycles. The summed E-state index contributed by atoms with van der Waals surface area (Å²) in [7, 11) is -2.32. The molecule has 16 nitrogen and oxygen atoms in total. The predicted molar refractivity (Wildman–Crippen MR) is 233 cm³/mol. The number of benzene rings is 1. The molecule has 4 fully saturated rings. The van der Waals surface area contributed by atoms with Gasteiger partial charge in [-0.2, -0.15) is 0 Å². The van der Waals surface area contributed by atoms with E-state index in [-0.39, 0.29) is 25.3 Å². The van der Waals surface area contributed by atoms with Crippen molar-refractivity contribution < 1.29 is 42.2 Å². The van der Waals surface area contributed by atoms with Gasteiger partial charge in [-0.3, -0.25) is 19.1 Å². The van der Waals surface area contributed by atoms with Crippen molar-refractivity contribution in [3.05, 3.63) is 47.0 Å². The number of hydrogen-bond donors (Lipinski definition) is 4. The highest BCUT2D eigenvalue weighted by Crippen LogP contribution is 2.46. The van der Waals surface area contributed by atoms with E-state index in [1.807, 2.05) is 42.7 Å². The molecule has 0 unspecified atom stereocenters. The van der Waals surface area contributed by atoms with Crippen molar-refractivity contribution in [1.82, 2.24) is 35.1 Å². The number of pyridine rings is 1. The maximum atomic E-state index is 14.9. The van der Waals surface area contributed by atoms with E-state index in [0.29, 0.717) is 91.1 Å². The fraction of sp³-hybridized carbons (Fsp3) is 0.591. The number of thiazole rings is 1.